The van der Waals surface area contributed by atoms with Gasteiger partial charge in [0, 0.05) is 58.7 Å². The van der Waals surface area contributed by atoms with Gasteiger partial charge in [-0.2, -0.15) is 0 Å². The van der Waals surface area contributed by atoms with Crippen LogP contribution in [0.3, 0.4) is 0 Å². The average molecular weight is 697 g/mol. The minimum Gasteiger partial charge on any atom is -0.493 e. The van der Waals surface area contributed by atoms with Crippen molar-refractivity contribution in [3.63, 3.8) is 0 Å². The minimum absolute atomic E-state index is 0.164. The van der Waals surface area contributed by atoms with Gasteiger partial charge in [0.1, 0.15) is 0 Å². The van der Waals surface area contributed by atoms with E-state index in [1.807, 2.05) is 42.3 Å². The molecule has 0 spiro atoms. The number of unbranched alkanes of at least 4 members (excludes halogenated alkanes) is 2. The molecule has 2 N–H and O–H groups in total. The van der Waals surface area contributed by atoms with Crippen molar-refractivity contribution in [1.82, 2.24) is 19.8 Å². The number of anilines is 2. The van der Waals surface area contributed by atoms with Crippen molar-refractivity contribution >= 4 is 34.5 Å². The quantitative estimate of drug-likeness (QED) is 0.195. The Kier molecular flexibility index (Phi) is 11.0. The second-order valence-electron chi connectivity index (χ2n) is 13.2. The van der Waals surface area contributed by atoms with Gasteiger partial charge in [0.25, 0.3) is 0 Å². The molecule has 1 aliphatic heterocycles. The lowest BCUT2D eigenvalue weighted by molar-refractivity contribution is -0.131. The predicted octanol–water partition coefficient (Wildman–Crippen LogP) is 5.07. The maximum atomic E-state index is 13.6. The van der Waals surface area contributed by atoms with Crippen LogP contribution in [-0.4, -0.2) is 80.3 Å². The number of amides is 2. The summed E-state index contributed by atoms with van der Waals surface area (Å²) in [7, 11) is 6.77. The molecule has 0 radical (unpaired) electrons. The van der Waals surface area contributed by atoms with Crippen LogP contribution in [0.1, 0.15) is 56.2 Å². The fourth-order valence-corrected chi connectivity index (χ4v) is 7.38. The number of piperazine rings is 1. The monoisotopic (exact) mass is 696 g/mol. The first kappa shape index (κ1) is 35.6. The molecule has 1 atom stereocenters. The standard InChI is InChI=1S/C39H48N6O6/c1-25(46)41-29-16-14-26-23-34(49-3)37(50-4)38(51-5)36(26)27-15-17-31(33(47)24-28(27)29)40-18-10-6-7-13-35(48)44-19-21-45(22-20-44)39-42-30-11-8-9-12-32(30)43(39)2/h8-9,11-12,15,17,23-24,29H,6-7,10,13-14,16,18-22H2,1-5H3,(H,40,47)(H,41,46)/t29-/m1/s1. The Labute approximate surface area is 298 Å². The molecular formula is C39H48N6O6. The zero-order chi connectivity index (χ0) is 36.1. The van der Waals surface area contributed by atoms with Gasteiger partial charge in [-0.25, -0.2) is 4.98 Å². The summed E-state index contributed by atoms with van der Waals surface area (Å²) in [5, 5.41) is 6.37. The summed E-state index contributed by atoms with van der Waals surface area (Å²) in [5.41, 5.74) is 5.70. The lowest BCUT2D eigenvalue weighted by Gasteiger charge is -2.35. The Morgan fingerprint density at radius 3 is 2.39 bits per heavy atom. The van der Waals surface area contributed by atoms with E-state index in [0.29, 0.717) is 61.8 Å². The third kappa shape index (κ3) is 7.45. The Hall–Kier alpha value is -5.26. The molecule has 2 heterocycles. The molecule has 1 aromatic heterocycles. The summed E-state index contributed by atoms with van der Waals surface area (Å²) >= 11 is 0. The van der Waals surface area contributed by atoms with Crippen LogP contribution in [0.5, 0.6) is 17.2 Å². The summed E-state index contributed by atoms with van der Waals surface area (Å²) in [6.07, 6.45) is 4.20. The van der Waals surface area contributed by atoms with E-state index in [1.54, 1.807) is 33.5 Å². The predicted molar refractivity (Wildman–Crippen MR) is 199 cm³/mol. The first-order valence-corrected chi connectivity index (χ1v) is 17.7. The zero-order valence-electron chi connectivity index (χ0n) is 30.2. The third-order valence-corrected chi connectivity index (χ3v) is 9.98. The molecule has 1 aliphatic carbocycles. The molecule has 270 valence electrons. The molecule has 0 unspecified atom stereocenters. The van der Waals surface area contributed by atoms with Crippen molar-refractivity contribution in [2.45, 2.75) is 51.5 Å². The largest absolute Gasteiger partial charge is 0.493 e. The molecule has 2 aliphatic rings. The maximum Gasteiger partial charge on any atom is 0.222 e. The summed E-state index contributed by atoms with van der Waals surface area (Å²) < 4.78 is 19.3. The molecule has 6 rings (SSSR count). The molecule has 1 saturated heterocycles. The summed E-state index contributed by atoms with van der Waals surface area (Å²) in [6.45, 7) is 4.96. The highest BCUT2D eigenvalue weighted by Crippen LogP contribution is 2.50. The van der Waals surface area contributed by atoms with Gasteiger partial charge in [-0.15, -0.1) is 0 Å². The average Bonchev–Trinajstić information content (AvgIpc) is 3.29. The van der Waals surface area contributed by atoms with E-state index in [1.165, 1.54) is 6.92 Å². The van der Waals surface area contributed by atoms with Gasteiger partial charge in [0.2, 0.25) is 28.9 Å². The van der Waals surface area contributed by atoms with Gasteiger partial charge < -0.3 is 39.2 Å². The van der Waals surface area contributed by atoms with E-state index in [4.69, 9.17) is 19.2 Å². The number of benzene rings is 2. The van der Waals surface area contributed by atoms with Gasteiger partial charge in [-0.3, -0.25) is 14.4 Å². The smallest absolute Gasteiger partial charge is 0.222 e. The highest BCUT2D eigenvalue weighted by molar-refractivity contribution is 5.84. The molecule has 3 aromatic carbocycles. The number of aromatic nitrogens is 2. The van der Waals surface area contributed by atoms with Crippen LogP contribution in [-0.2, 0) is 23.1 Å². The number of hydrogen-bond acceptors (Lipinski definition) is 9. The zero-order valence-corrected chi connectivity index (χ0v) is 30.2. The number of rotatable bonds is 12. The number of ether oxygens (including phenoxy) is 3. The number of imidazole rings is 1. The number of carbonyl (C=O) groups excluding carboxylic acids is 2. The normalized spacial score (nSPS) is 15.4. The minimum atomic E-state index is -0.366. The van der Waals surface area contributed by atoms with Crippen LogP contribution < -0.4 is 35.2 Å². The lowest BCUT2D eigenvalue weighted by Crippen LogP contribution is -2.49. The van der Waals surface area contributed by atoms with Gasteiger partial charge >= 0.3 is 0 Å². The molecule has 2 amide bonds. The van der Waals surface area contributed by atoms with Gasteiger partial charge in [0.05, 0.1) is 44.1 Å². The van der Waals surface area contributed by atoms with E-state index in [2.05, 4.69) is 26.2 Å². The molecule has 0 bridgehead atoms. The van der Waals surface area contributed by atoms with Gasteiger partial charge in [0.15, 0.2) is 11.5 Å². The van der Waals surface area contributed by atoms with Crippen LogP contribution >= 0.6 is 0 Å². The highest BCUT2D eigenvalue weighted by atomic mass is 16.5. The number of nitrogens with one attached hydrogen (secondary N) is 2. The number of methoxy groups -OCH3 is 3. The number of carbonyl (C=O) groups is 2. The maximum absolute atomic E-state index is 13.6. The van der Waals surface area contributed by atoms with Crippen molar-refractivity contribution in [2.24, 2.45) is 7.05 Å². The number of fused-ring (bicyclic) bond motifs is 4. The van der Waals surface area contributed by atoms with Crippen LogP contribution in [0.4, 0.5) is 11.6 Å². The molecular weight excluding hydrogens is 648 g/mol. The fourth-order valence-electron chi connectivity index (χ4n) is 7.38. The highest BCUT2D eigenvalue weighted by Gasteiger charge is 2.30. The van der Waals surface area contributed by atoms with E-state index in [9.17, 15) is 14.4 Å². The Morgan fingerprint density at radius 2 is 1.69 bits per heavy atom. The van der Waals surface area contributed by atoms with Crippen molar-refractivity contribution < 1.29 is 23.8 Å². The van der Waals surface area contributed by atoms with E-state index < -0.39 is 0 Å². The molecule has 1 fully saturated rings. The van der Waals surface area contributed by atoms with E-state index >= 15 is 0 Å². The first-order valence-electron chi connectivity index (χ1n) is 17.7. The number of nitrogens with zero attached hydrogens (tertiary/aromatic N) is 4. The van der Waals surface area contributed by atoms with Gasteiger partial charge in [-0.05, 0) is 72.7 Å². The SMILES string of the molecule is COc1cc2c(c(OC)c1OC)-c1ccc(NCCCCCC(=O)N3CCN(c4nc5ccccc5n4C)CC3)c(=O)cc1[C@H](NC(C)=O)CC2. The van der Waals surface area contributed by atoms with E-state index in [-0.39, 0.29) is 23.3 Å². The fraction of sp³-hybridized carbons (Fsp3) is 0.436. The Balaban J connectivity index is 1.06. The lowest BCUT2D eigenvalue weighted by atomic mass is 9.95. The van der Waals surface area contributed by atoms with Crippen LogP contribution in [0.15, 0.2) is 53.3 Å². The Bertz CT molecular complexity index is 1970. The Morgan fingerprint density at radius 1 is 0.922 bits per heavy atom. The summed E-state index contributed by atoms with van der Waals surface area (Å²) in [4.78, 5) is 47.8. The summed E-state index contributed by atoms with van der Waals surface area (Å²) in [6, 6.07) is 15.0. The van der Waals surface area contributed by atoms with Crippen LogP contribution in [0.2, 0.25) is 0 Å². The topological polar surface area (TPSA) is 127 Å². The number of para-hydroxylation sites is 2. The molecule has 4 aromatic rings. The van der Waals surface area contributed by atoms with Crippen molar-refractivity contribution in [1.29, 1.82) is 0 Å². The number of aryl methyl sites for hydroxylation is 2. The second-order valence-corrected chi connectivity index (χ2v) is 13.2. The van der Waals surface area contributed by atoms with Crippen molar-refractivity contribution in [2.75, 3.05) is 64.3 Å². The van der Waals surface area contributed by atoms with Crippen LogP contribution in [0, 0.1) is 0 Å². The summed E-state index contributed by atoms with van der Waals surface area (Å²) in [5.74, 6) is 2.49. The molecule has 0 saturated carbocycles. The second kappa shape index (κ2) is 15.7. The van der Waals surface area contributed by atoms with Gasteiger partial charge in [-0.1, -0.05) is 24.6 Å². The van der Waals surface area contributed by atoms with E-state index in [0.717, 1.165) is 71.6 Å². The third-order valence-electron chi connectivity index (χ3n) is 9.98. The number of hydrogen-bond donors (Lipinski definition) is 2. The first-order chi connectivity index (χ1) is 24.7. The molecule has 12 heteroatoms. The molecule has 51 heavy (non-hydrogen) atoms. The van der Waals surface area contributed by atoms with Crippen molar-refractivity contribution in [3.05, 3.63) is 69.9 Å². The van der Waals surface area contributed by atoms with Crippen LogP contribution in [0.25, 0.3) is 22.2 Å². The molecule has 12 nitrogen and oxygen atoms in total. The van der Waals surface area contributed by atoms with Crippen molar-refractivity contribution in [3.8, 4) is 28.4 Å².